The molecule has 0 atom stereocenters. The van der Waals surface area contributed by atoms with Gasteiger partial charge in [-0.3, -0.25) is 4.79 Å². The second kappa shape index (κ2) is 9.88. The van der Waals surface area contributed by atoms with Gasteiger partial charge in [-0.25, -0.2) is 5.43 Å². The topological polar surface area (TPSA) is 81.4 Å². The Hall–Kier alpha value is -3.13. The Morgan fingerprint density at radius 1 is 1.17 bits per heavy atom. The highest BCUT2D eigenvalue weighted by atomic mass is 32.2. The van der Waals surface area contributed by atoms with E-state index in [-0.39, 0.29) is 11.7 Å². The van der Waals surface area contributed by atoms with Gasteiger partial charge >= 0.3 is 0 Å². The molecule has 0 saturated carbocycles. The van der Waals surface area contributed by atoms with Crippen molar-refractivity contribution >= 4 is 23.4 Å². The fourth-order valence-corrected chi connectivity index (χ4v) is 3.50. The zero-order valence-electron chi connectivity index (χ0n) is 16.6. The fraction of sp³-hybridized carbons (Fsp3) is 0.238. The van der Waals surface area contributed by atoms with Crippen LogP contribution in [0.5, 0.6) is 5.75 Å². The Labute approximate surface area is 174 Å². The molecule has 0 saturated heterocycles. The summed E-state index contributed by atoms with van der Waals surface area (Å²) in [7, 11) is 1.61. The van der Waals surface area contributed by atoms with E-state index in [1.807, 2.05) is 73.0 Å². The van der Waals surface area contributed by atoms with Gasteiger partial charge in [-0.1, -0.05) is 54.2 Å². The van der Waals surface area contributed by atoms with Crippen LogP contribution in [0.2, 0.25) is 0 Å². The summed E-state index contributed by atoms with van der Waals surface area (Å²) in [6, 6.07) is 17.4. The van der Waals surface area contributed by atoms with Crippen LogP contribution in [0.15, 0.2) is 64.9 Å². The number of nitrogens with one attached hydrogen (secondary N) is 1. The molecule has 0 radical (unpaired) electrons. The standard InChI is InChI=1S/C21H23N5O2S/c1-4-26-20(16-9-6-5-7-10-16)24-25-21(26)29-14-19(27)23-22-15(2)17-11-8-12-18(13-17)28-3/h5-13H,4,14H2,1-3H3,(H,23,27). The molecule has 1 amide bonds. The van der Waals surface area contributed by atoms with Crippen LogP contribution >= 0.6 is 11.8 Å². The summed E-state index contributed by atoms with van der Waals surface area (Å²) in [4.78, 5) is 12.2. The molecule has 29 heavy (non-hydrogen) atoms. The van der Waals surface area contributed by atoms with E-state index in [1.54, 1.807) is 7.11 Å². The SMILES string of the molecule is CCn1c(SCC(=O)NN=C(C)c2cccc(OC)c2)nnc1-c1ccccc1. The number of carbonyl (C=O) groups is 1. The van der Waals surface area contributed by atoms with Gasteiger partial charge in [0.1, 0.15) is 5.75 Å². The summed E-state index contributed by atoms with van der Waals surface area (Å²) in [5.74, 6) is 1.53. The Balaban J connectivity index is 1.61. The summed E-state index contributed by atoms with van der Waals surface area (Å²) in [5, 5.41) is 13.4. The van der Waals surface area contributed by atoms with Gasteiger partial charge in [0.2, 0.25) is 0 Å². The highest BCUT2D eigenvalue weighted by Gasteiger charge is 2.14. The van der Waals surface area contributed by atoms with Crippen molar-refractivity contribution in [1.82, 2.24) is 20.2 Å². The van der Waals surface area contributed by atoms with Gasteiger partial charge < -0.3 is 9.30 Å². The van der Waals surface area contributed by atoms with Crippen LogP contribution in [0.1, 0.15) is 19.4 Å². The number of hydrogen-bond donors (Lipinski definition) is 1. The Kier molecular flexibility index (Phi) is 7.02. The monoisotopic (exact) mass is 409 g/mol. The van der Waals surface area contributed by atoms with Crippen molar-refractivity contribution in [2.75, 3.05) is 12.9 Å². The number of nitrogens with zero attached hydrogens (tertiary/aromatic N) is 4. The minimum absolute atomic E-state index is 0.196. The fourth-order valence-electron chi connectivity index (χ4n) is 2.70. The lowest BCUT2D eigenvalue weighted by molar-refractivity contribution is -0.118. The highest BCUT2D eigenvalue weighted by molar-refractivity contribution is 7.99. The third-order valence-corrected chi connectivity index (χ3v) is 5.20. The van der Waals surface area contributed by atoms with E-state index < -0.39 is 0 Å². The first-order chi connectivity index (χ1) is 14.1. The predicted octanol–water partition coefficient (Wildman–Crippen LogP) is 3.61. The molecule has 0 bridgehead atoms. The first kappa shape index (κ1) is 20.6. The Bertz CT molecular complexity index is 1000. The molecule has 0 fully saturated rings. The second-order valence-corrected chi connectivity index (χ2v) is 7.11. The molecule has 3 rings (SSSR count). The number of carbonyl (C=O) groups excluding carboxylic acids is 1. The third kappa shape index (κ3) is 5.23. The molecule has 0 aliphatic heterocycles. The van der Waals surface area contributed by atoms with Crippen molar-refractivity contribution in [1.29, 1.82) is 0 Å². The van der Waals surface area contributed by atoms with Crippen LogP contribution in [-0.4, -0.2) is 39.2 Å². The molecule has 7 nitrogen and oxygen atoms in total. The van der Waals surface area contributed by atoms with Gasteiger partial charge in [0.25, 0.3) is 5.91 Å². The lowest BCUT2D eigenvalue weighted by Crippen LogP contribution is -2.21. The van der Waals surface area contributed by atoms with Crippen molar-refractivity contribution < 1.29 is 9.53 Å². The lowest BCUT2D eigenvalue weighted by atomic mass is 10.1. The maximum absolute atomic E-state index is 12.2. The molecule has 1 N–H and O–H groups in total. The summed E-state index contributed by atoms with van der Waals surface area (Å²) in [6.07, 6.45) is 0. The van der Waals surface area contributed by atoms with E-state index in [0.29, 0.717) is 17.4 Å². The van der Waals surface area contributed by atoms with E-state index in [4.69, 9.17) is 4.74 Å². The zero-order chi connectivity index (χ0) is 20.6. The van der Waals surface area contributed by atoms with Gasteiger partial charge in [0, 0.05) is 17.7 Å². The molecular formula is C21H23N5O2S. The largest absolute Gasteiger partial charge is 0.497 e. The molecule has 3 aromatic rings. The van der Waals surface area contributed by atoms with Gasteiger partial charge in [-0.15, -0.1) is 10.2 Å². The second-order valence-electron chi connectivity index (χ2n) is 6.17. The van der Waals surface area contributed by atoms with Gasteiger partial charge in [0.15, 0.2) is 11.0 Å². The number of hydrazone groups is 1. The normalized spacial score (nSPS) is 11.3. The lowest BCUT2D eigenvalue weighted by Gasteiger charge is -2.07. The number of methoxy groups -OCH3 is 1. The van der Waals surface area contributed by atoms with Crippen molar-refractivity contribution in [3.8, 4) is 17.1 Å². The molecule has 150 valence electrons. The van der Waals surface area contributed by atoms with Crippen LogP contribution in [0.3, 0.4) is 0 Å². The Morgan fingerprint density at radius 2 is 1.97 bits per heavy atom. The van der Waals surface area contributed by atoms with E-state index in [9.17, 15) is 4.79 Å². The van der Waals surface area contributed by atoms with E-state index >= 15 is 0 Å². The average molecular weight is 410 g/mol. The molecule has 0 unspecified atom stereocenters. The highest BCUT2D eigenvalue weighted by Crippen LogP contribution is 2.23. The smallest absolute Gasteiger partial charge is 0.250 e. The first-order valence-corrected chi connectivity index (χ1v) is 10.2. The quantitative estimate of drug-likeness (QED) is 0.349. The maximum atomic E-state index is 12.2. The molecule has 0 spiro atoms. The summed E-state index contributed by atoms with van der Waals surface area (Å²) in [5.41, 5.74) is 5.18. The van der Waals surface area contributed by atoms with Crippen molar-refractivity contribution in [3.63, 3.8) is 0 Å². The third-order valence-electron chi connectivity index (χ3n) is 4.23. The summed E-state index contributed by atoms with van der Waals surface area (Å²) in [6.45, 7) is 4.58. The van der Waals surface area contributed by atoms with Gasteiger partial charge in [-0.05, 0) is 26.0 Å². The van der Waals surface area contributed by atoms with E-state index in [1.165, 1.54) is 11.8 Å². The number of amides is 1. The van der Waals surface area contributed by atoms with Crippen LogP contribution < -0.4 is 10.2 Å². The average Bonchev–Trinajstić information content (AvgIpc) is 3.19. The molecule has 8 heteroatoms. The molecule has 0 aliphatic carbocycles. The molecule has 1 aromatic heterocycles. The number of thioether (sulfide) groups is 1. The zero-order valence-corrected chi connectivity index (χ0v) is 17.4. The van der Waals surface area contributed by atoms with E-state index in [2.05, 4.69) is 20.7 Å². The number of hydrogen-bond acceptors (Lipinski definition) is 6. The predicted molar refractivity (Wildman–Crippen MR) is 115 cm³/mol. The molecular weight excluding hydrogens is 386 g/mol. The summed E-state index contributed by atoms with van der Waals surface area (Å²) < 4.78 is 7.21. The number of benzene rings is 2. The minimum Gasteiger partial charge on any atom is -0.497 e. The van der Waals surface area contributed by atoms with Gasteiger partial charge in [-0.2, -0.15) is 5.10 Å². The van der Waals surface area contributed by atoms with Crippen LogP contribution in [0.25, 0.3) is 11.4 Å². The molecule has 1 heterocycles. The minimum atomic E-state index is -0.204. The number of rotatable bonds is 8. The Morgan fingerprint density at radius 3 is 2.69 bits per heavy atom. The maximum Gasteiger partial charge on any atom is 0.250 e. The van der Waals surface area contributed by atoms with Crippen LogP contribution in [0.4, 0.5) is 0 Å². The molecule has 0 aliphatic rings. The van der Waals surface area contributed by atoms with Crippen molar-refractivity contribution in [2.45, 2.75) is 25.5 Å². The van der Waals surface area contributed by atoms with Crippen LogP contribution in [-0.2, 0) is 11.3 Å². The first-order valence-electron chi connectivity index (χ1n) is 9.21. The van der Waals surface area contributed by atoms with Crippen LogP contribution in [0, 0.1) is 0 Å². The number of aromatic nitrogens is 3. The van der Waals surface area contributed by atoms with Crippen molar-refractivity contribution in [2.24, 2.45) is 5.10 Å². The summed E-state index contributed by atoms with van der Waals surface area (Å²) >= 11 is 1.34. The van der Waals surface area contributed by atoms with Crippen molar-refractivity contribution in [3.05, 3.63) is 60.2 Å². The van der Waals surface area contributed by atoms with Gasteiger partial charge in [0.05, 0.1) is 18.6 Å². The number of ether oxygens (including phenoxy) is 1. The van der Waals surface area contributed by atoms with E-state index in [0.717, 1.165) is 22.7 Å². The molecule has 2 aromatic carbocycles.